The van der Waals surface area contributed by atoms with Crippen molar-refractivity contribution in [3.05, 3.63) is 93.2 Å². The van der Waals surface area contributed by atoms with Crippen LogP contribution >= 0.6 is 11.3 Å². The first-order chi connectivity index (χ1) is 20.3. The normalized spacial score (nSPS) is 19.1. The summed E-state index contributed by atoms with van der Waals surface area (Å²) < 4.78 is 50.2. The molecule has 1 saturated heterocycles. The van der Waals surface area contributed by atoms with Crippen molar-refractivity contribution in [3.63, 3.8) is 0 Å². The molecule has 1 aromatic heterocycles. The van der Waals surface area contributed by atoms with Gasteiger partial charge in [0.2, 0.25) is 11.8 Å². The SMILES string of the molecule is COC[C@@]1(F)C[C@@H](C(=O)N[C@H](C)c2cc(C(=N)N)cs2)N(C(=O)CNC(=O)c2ccc(C(F)(F)c3ccccc3)cc2)C1. The molecule has 0 bridgehead atoms. The average molecular weight is 616 g/mol. The molecule has 0 aliphatic carbocycles. The van der Waals surface area contributed by atoms with E-state index in [-0.39, 0.29) is 35.6 Å². The van der Waals surface area contributed by atoms with E-state index < -0.39 is 54.5 Å². The Morgan fingerprint density at radius 2 is 1.79 bits per heavy atom. The summed E-state index contributed by atoms with van der Waals surface area (Å²) in [5, 5.41) is 14.5. The largest absolute Gasteiger partial charge is 0.384 e. The molecule has 2 aromatic carbocycles. The third-order valence-electron chi connectivity index (χ3n) is 7.18. The summed E-state index contributed by atoms with van der Waals surface area (Å²) >= 11 is 1.30. The van der Waals surface area contributed by atoms with Gasteiger partial charge in [-0.3, -0.25) is 19.8 Å². The molecule has 4 rings (SSSR count). The van der Waals surface area contributed by atoms with Gasteiger partial charge in [0, 0.05) is 46.0 Å². The smallest absolute Gasteiger partial charge is 0.298 e. The van der Waals surface area contributed by atoms with E-state index in [0.717, 1.165) is 21.9 Å². The summed E-state index contributed by atoms with van der Waals surface area (Å²) in [7, 11) is 1.31. The van der Waals surface area contributed by atoms with E-state index in [2.05, 4.69) is 10.6 Å². The maximum Gasteiger partial charge on any atom is 0.298 e. The van der Waals surface area contributed by atoms with Gasteiger partial charge >= 0.3 is 0 Å². The van der Waals surface area contributed by atoms with Crippen molar-refractivity contribution < 1.29 is 32.3 Å². The number of nitrogens with two attached hydrogens (primary N) is 1. The summed E-state index contributed by atoms with van der Waals surface area (Å²) in [4.78, 5) is 40.9. The predicted molar refractivity (Wildman–Crippen MR) is 156 cm³/mol. The van der Waals surface area contributed by atoms with Crippen molar-refractivity contribution in [1.82, 2.24) is 15.5 Å². The number of alkyl halides is 3. The number of likely N-dealkylation sites (tertiary alicyclic amines) is 1. The first-order valence-corrected chi connectivity index (χ1v) is 14.2. The molecule has 5 N–H and O–H groups in total. The first kappa shape index (κ1) is 31.7. The highest BCUT2D eigenvalue weighted by atomic mass is 32.1. The second-order valence-corrected chi connectivity index (χ2v) is 11.4. The lowest BCUT2D eigenvalue weighted by molar-refractivity contribution is -0.138. The van der Waals surface area contributed by atoms with Crippen molar-refractivity contribution in [2.45, 2.75) is 37.0 Å². The van der Waals surface area contributed by atoms with Gasteiger partial charge in [-0.05, 0) is 25.1 Å². The molecule has 1 aliphatic rings. The van der Waals surface area contributed by atoms with Gasteiger partial charge in [-0.15, -0.1) is 11.3 Å². The van der Waals surface area contributed by atoms with E-state index in [4.69, 9.17) is 15.9 Å². The number of amides is 3. The van der Waals surface area contributed by atoms with Gasteiger partial charge in [0.05, 0.1) is 25.7 Å². The van der Waals surface area contributed by atoms with Crippen LogP contribution in [0.25, 0.3) is 0 Å². The monoisotopic (exact) mass is 615 g/mol. The summed E-state index contributed by atoms with van der Waals surface area (Å²) in [5.74, 6) is -5.36. The third kappa shape index (κ3) is 7.23. The Balaban J connectivity index is 1.41. The van der Waals surface area contributed by atoms with Crippen LogP contribution in [0.3, 0.4) is 0 Å². The van der Waals surface area contributed by atoms with Crippen molar-refractivity contribution in [1.29, 1.82) is 5.41 Å². The number of benzene rings is 2. The van der Waals surface area contributed by atoms with E-state index in [1.165, 1.54) is 54.8 Å². The Morgan fingerprint density at radius 1 is 1.14 bits per heavy atom. The summed E-state index contributed by atoms with van der Waals surface area (Å²) in [6.45, 7) is 0.415. The standard InChI is InChI=1S/C30H32F3N5O4S/c1-18(24-12-20(15-43-24)26(34)35)37-28(41)23-13-29(31,17-42-2)16-38(23)25(39)14-36-27(40)19-8-10-22(11-9-19)30(32,33)21-6-4-3-5-7-21/h3-12,15,18,23H,13-14,16-17H2,1-2H3,(H3,34,35)(H,36,40)(H,37,41)/t18-,23+,29-/m1/s1. The molecule has 0 unspecified atom stereocenters. The average Bonchev–Trinajstić information content (AvgIpc) is 3.62. The molecule has 43 heavy (non-hydrogen) atoms. The molecule has 3 atom stereocenters. The lowest BCUT2D eigenvalue weighted by Gasteiger charge is -2.25. The Morgan fingerprint density at radius 3 is 2.40 bits per heavy atom. The zero-order valence-corrected chi connectivity index (χ0v) is 24.4. The van der Waals surface area contributed by atoms with Crippen LogP contribution in [0.1, 0.15) is 51.3 Å². The van der Waals surface area contributed by atoms with E-state index in [9.17, 15) is 23.2 Å². The topological polar surface area (TPSA) is 138 Å². The van der Waals surface area contributed by atoms with E-state index in [0.29, 0.717) is 5.56 Å². The van der Waals surface area contributed by atoms with E-state index in [1.807, 2.05) is 0 Å². The van der Waals surface area contributed by atoms with Crippen LogP contribution < -0.4 is 16.4 Å². The molecule has 3 amide bonds. The Bertz CT molecular complexity index is 1480. The Kier molecular flexibility index (Phi) is 9.55. The van der Waals surface area contributed by atoms with Crippen LogP contribution in [-0.4, -0.2) is 67.0 Å². The fourth-order valence-corrected chi connectivity index (χ4v) is 5.82. The van der Waals surface area contributed by atoms with Gasteiger partial charge in [0.25, 0.3) is 11.8 Å². The number of amidine groups is 1. The molecule has 0 saturated carbocycles. The molecule has 3 aromatic rings. The summed E-state index contributed by atoms with van der Waals surface area (Å²) in [6.07, 6.45) is -0.306. The van der Waals surface area contributed by atoms with E-state index >= 15 is 4.39 Å². The van der Waals surface area contributed by atoms with Crippen LogP contribution in [0.5, 0.6) is 0 Å². The lowest BCUT2D eigenvalue weighted by Crippen LogP contribution is -2.49. The number of nitrogens with zero attached hydrogens (tertiary/aromatic N) is 1. The molecule has 13 heteroatoms. The molecule has 228 valence electrons. The molecule has 1 aliphatic heterocycles. The minimum absolute atomic E-state index is 0.0463. The van der Waals surface area contributed by atoms with Gasteiger partial charge in [-0.1, -0.05) is 42.5 Å². The molecule has 2 heterocycles. The minimum Gasteiger partial charge on any atom is -0.384 e. The van der Waals surface area contributed by atoms with Crippen molar-refractivity contribution >= 4 is 34.9 Å². The van der Waals surface area contributed by atoms with Gasteiger partial charge in [0.15, 0.2) is 5.67 Å². The number of nitrogens with one attached hydrogen (secondary N) is 3. The van der Waals surface area contributed by atoms with Crippen molar-refractivity contribution in [2.24, 2.45) is 5.73 Å². The highest BCUT2D eigenvalue weighted by Gasteiger charge is 2.49. The second kappa shape index (κ2) is 13.0. The van der Waals surface area contributed by atoms with Gasteiger partial charge < -0.3 is 26.0 Å². The summed E-state index contributed by atoms with van der Waals surface area (Å²) in [5.41, 5.74) is 3.60. The Hall–Kier alpha value is -4.23. The number of hydrogen-bond donors (Lipinski definition) is 4. The molecule has 0 spiro atoms. The maximum atomic E-state index is 15.5. The predicted octanol–water partition coefficient (Wildman–Crippen LogP) is 3.74. The molecule has 1 fully saturated rings. The molecular weight excluding hydrogens is 583 g/mol. The molecule has 9 nitrogen and oxygen atoms in total. The fraction of sp³-hybridized carbons (Fsp3) is 0.333. The van der Waals surface area contributed by atoms with Gasteiger partial charge in [-0.25, -0.2) is 4.39 Å². The summed E-state index contributed by atoms with van der Waals surface area (Å²) in [6, 6.07) is 12.0. The fourth-order valence-electron chi connectivity index (χ4n) is 4.90. The molecule has 0 radical (unpaired) electrons. The molecular formula is C30H32F3N5O4S. The number of rotatable bonds is 11. The van der Waals surface area contributed by atoms with Crippen molar-refractivity contribution in [2.75, 3.05) is 26.8 Å². The van der Waals surface area contributed by atoms with Crippen LogP contribution in [-0.2, 0) is 20.2 Å². The van der Waals surface area contributed by atoms with E-state index in [1.54, 1.807) is 24.4 Å². The van der Waals surface area contributed by atoms with Crippen LogP contribution in [0, 0.1) is 5.41 Å². The third-order valence-corrected chi connectivity index (χ3v) is 8.29. The Labute approximate surface area is 250 Å². The van der Waals surface area contributed by atoms with Gasteiger partial charge in [-0.2, -0.15) is 8.78 Å². The van der Waals surface area contributed by atoms with Gasteiger partial charge in [0.1, 0.15) is 11.9 Å². The zero-order chi connectivity index (χ0) is 31.4. The van der Waals surface area contributed by atoms with Crippen LogP contribution in [0.4, 0.5) is 13.2 Å². The lowest BCUT2D eigenvalue weighted by atomic mass is 9.99. The number of nitrogen functional groups attached to an aromatic ring is 1. The number of carbonyl (C=O) groups excluding carboxylic acids is 3. The number of thiophene rings is 1. The quantitative estimate of drug-likeness (QED) is 0.192. The zero-order valence-electron chi connectivity index (χ0n) is 23.5. The number of carbonyl (C=O) groups is 3. The van der Waals surface area contributed by atoms with Crippen LogP contribution in [0.2, 0.25) is 0 Å². The second-order valence-electron chi connectivity index (χ2n) is 10.4. The minimum atomic E-state index is -3.27. The number of hydrogen-bond acceptors (Lipinski definition) is 6. The van der Waals surface area contributed by atoms with Crippen LogP contribution in [0.15, 0.2) is 66.0 Å². The number of ether oxygens (including phenoxy) is 1. The maximum absolute atomic E-state index is 15.5. The highest BCUT2D eigenvalue weighted by molar-refractivity contribution is 7.10. The highest BCUT2D eigenvalue weighted by Crippen LogP contribution is 2.35. The first-order valence-electron chi connectivity index (χ1n) is 13.4. The number of halogens is 3. The van der Waals surface area contributed by atoms with Crippen molar-refractivity contribution in [3.8, 4) is 0 Å². The number of methoxy groups -OCH3 is 1.